The molecule has 0 unspecified atom stereocenters. The zero-order chi connectivity index (χ0) is 15.9. The number of hydrogen-bond acceptors (Lipinski definition) is 3. The molecule has 1 aromatic heterocycles. The molecule has 0 bridgehead atoms. The minimum absolute atomic E-state index is 0.158. The Hall–Kier alpha value is -1.66. The van der Waals surface area contributed by atoms with Crippen molar-refractivity contribution in [1.82, 2.24) is 14.5 Å². The minimum atomic E-state index is -3.58. The Morgan fingerprint density at radius 2 is 2.00 bits per heavy atom. The molecule has 5 nitrogen and oxygen atoms in total. The van der Waals surface area contributed by atoms with Gasteiger partial charge in [0.05, 0.1) is 11.4 Å². The Morgan fingerprint density at radius 3 is 2.68 bits per heavy atom. The smallest absolute Gasteiger partial charge is 0.244 e. The molecule has 6 heteroatoms. The average molecular weight is 319 g/mol. The zero-order valence-corrected chi connectivity index (χ0v) is 13.9. The molecule has 118 valence electrons. The first-order chi connectivity index (χ1) is 10.4. The number of nitrogens with zero attached hydrogens (tertiary/aromatic N) is 2. The van der Waals surface area contributed by atoms with Crippen LogP contribution in [-0.2, 0) is 23.5 Å². The molecule has 1 heterocycles. The van der Waals surface area contributed by atoms with Crippen LogP contribution in [0.2, 0.25) is 0 Å². The second-order valence-corrected chi connectivity index (χ2v) is 7.54. The van der Waals surface area contributed by atoms with Crippen LogP contribution in [0.25, 0.3) is 0 Å². The second-order valence-electron chi connectivity index (χ2n) is 5.89. The predicted molar refractivity (Wildman–Crippen MR) is 85.1 cm³/mol. The van der Waals surface area contributed by atoms with Crippen molar-refractivity contribution in [2.45, 2.75) is 44.0 Å². The van der Waals surface area contributed by atoms with Crippen molar-refractivity contribution >= 4 is 10.0 Å². The van der Waals surface area contributed by atoms with E-state index in [-0.39, 0.29) is 6.04 Å². The first-order valence-electron chi connectivity index (χ1n) is 7.50. The highest BCUT2D eigenvalue weighted by Gasteiger charge is 2.29. The summed E-state index contributed by atoms with van der Waals surface area (Å²) in [5, 5.41) is 4.21. The van der Waals surface area contributed by atoms with Gasteiger partial charge in [0.15, 0.2) is 0 Å². The fourth-order valence-corrected chi connectivity index (χ4v) is 4.95. The van der Waals surface area contributed by atoms with Gasteiger partial charge in [-0.15, -0.1) is 0 Å². The van der Waals surface area contributed by atoms with Crippen molar-refractivity contribution in [3.05, 3.63) is 46.8 Å². The highest BCUT2D eigenvalue weighted by Crippen LogP contribution is 2.31. The van der Waals surface area contributed by atoms with E-state index in [1.54, 1.807) is 25.6 Å². The molecule has 2 aromatic rings. The fraction of sp³-hybridized carbons (Fsp3) is 0.438. The molecule has 0 spiro atoms. The number of aromatic nitrogens is 2. The molecule has 0 radical (unpaired) electrons. The van der Waals surface area contributed by atoms with E-state index in [0.717, 1.165) is 24.8 Å². The SMILES string of the molecule is Cc1nn(C)c(C)c1S(=O)(=O)N[C@H]1CCCc2ccccc21. The molecule has 1 aliphatic carbocycles. The average Bonchev–Trinajstić information content (AvgIpc) is 2.72. The number of sulfonamides is 1. The van der Waals surface area contributed by atoms with Gasteiger partial charge in [-0.2, -0.15) is 5.10 Å². The van der Waals surface area contributed by atoms with E-state index in [4.69, 9.17) is 0 Å². The van der Waals surface area contributed by atoms with Crippen molar-refractivity contribution in [3.8, 4) is 0 Å². The molecule has 0 amide bonds. The molecule has 22 heavy (non-hydrogen) atoms. The Morgan fingerprint density at radius 1 is 1.27 bits per heavy atom. The first-order valence-corrected chi connectivity index (χ1v) is 8.99. The van der Waals surface area contributed by atoms with Crippen molar-refractivity contribution in [2.24, 2.45) is 7.05 Å². The van der Waals surface area contributed by atoms with Gasteiger partial charge >= 0.3 is 0 Å². The lowest BCUT2D eigenvalue weighted by atomic mass is 9.88. The largest absolute Gasteiger partial charge is 0.271 e. The van der Waals surface area contributed by atoms with Crippen molar-refractivity contribution in [3.63, 3.8) is 0 Å². The topological polar surface area (TPSA) is 64.0 Å². The van der Waals surface area contributed by atoms with Gasteiger partial charge < -0.3 is 0 Å². The predicted octanol–water partition coefficient (Wildman–Crippen LogP) is 2.39. The van der Waals surface area contributed by atoms with Gasteiger partial charge in [0.1, 0.15) is 4.90 Å². The van der Waals surface area contributed by atoms with E-state index in [1.165, 1.54) is 5.56 Å². The maximum atomic E-state index is 12.8. The van der Waals surface area contributed by atoms with Crippen LogP contribution < -0.4 is 4.72 Å². The maximum absolute atomic E-state index is 12.8. The summed E-state index contributed by atoms with van der Waals surface area (Å²) in [5.41, 5.74) is 3.53. The van der Waals surface area contributed by atoms with Gasteiger partial charge in [-0.25, -0.2) is 13.1 Å². The number of nitrogens with one attached hydrogen (secondary N) is 1. The third kappa shape index (κ3) is 2.57. The summed E-state index contributed by atoms with van der Waals surface area (Å²) in [7, 11) is -1.82. The lowest BCUT2D eigenvalue weighted by Crippen LogP contribution is -2.31. The minimum Gasteiger partial charge on any atom is -0.271 e. The summed E-state index contributed by atoms with van der Waals surface area (Å²) in [6.45, 7) is 3.51. The lowest BCUT2D eigenvalue weighted by Gasteiger charge is -2.26. The summed E-state index contributed by atoms with van der Waals surface area (Å²) in [4.78, 5) is 0.304. The van der Waals surface area contributed by atoms with E-state index >= 15 is 0 Å². The summed E-state index contributed by atoms with van der Waals surface area (Å²) in [6, 6.07) is 7.91. The van der Waals surface area contributed by atoms with Crippen molar-refractivity contribution in [2.75, 3.05) is 0 Å². The van der Waals surface area contributed by atoms with Gasteiger partial charge in [0.2, 0.25) is 10.0 Å². The van der Waals surface area contributed by atoms with Crippen LogP contribution in [0.5, 0.6) is 0 Å². The summed E-state index contributed by atoms with van der Waals surface area (Å²) < 4.78 is 30.1. The molecule has 1 aromatic carbocycles. The van der Waals surface area contributed by atoms with Crippen LogP contribution in [0.15, 0.2) is 29.2 Å². The van der Waals surface area contributed by atoms with Gasteiger partial charge in [0, 0.05) is 13.1 Å². The Labute approximate surface area is 131 Å². The highest BCUT2D eigenvalue weighted by atomic mass is 32.2. The van der Waals surface area contributed by atoms with E-state index < -0.39 is 10.0 Å². The second kappa shape index (κ2) is 5.52. The van der Waals surface area contributed by atoms with Gasteiger partial charge in [0.25, 0.3) is 0 Å². The third-order valence-corrected chi connectivity index (χ3v) is 6.10. The highest BCUT2D eigenvalue weighted by molar-refractivity contribution is 7.89. The van der Waals surface area contributed by atoms with Gasteiger partial charge in [-0.05, 0) is 44.2 Å². The Kier molecular flexibility index (Phi) is 3.82. The standard InChI is InChI=1S/C16H21N3O2S/c1-11-16(12(2)19(3)17-11)22(20,21)18-15-10-6-8-13-7-4-5-9-14(13)15/h4-5,7,9,15,18H,6,8,10H2,1-3H3/t15-/m0/s1. The molecule has 0 aliphatic heterocycles. The number of fused-ring (bicyclic) bond motifs is 1. The molecule has 0 saturated carbocycles. The number of aryl methyl sites for hydroxylation is 3. The molecule has 0 fully saturated rings. The fourth-order valence-electron chi connectivity index (χ4n) is 3.27. The van der Waals surface area contributed by atoms with Crippen LogP contribution in [0.3, 0.4) is 0 Å². The molecular weight excluding hydrogens is 298 g/mol. The molecule has 1 aliphatic rings. The molecule has 0 saturated heterocycles. The normalized spacial score (nSPS) is 18.2. The van der Waals surface area contributed by atoms with Crippen molar-refractivity contribution in [1.29, 1.82) is 0 Å². The monoisotopic (exact) mass is 319 g/mol. The summed E-state index contributed by atoms with van der Waals surface area (Å²) in [5.74, 6) is 0. The lowest BCUT2D eigenvalue weighted by molar-refractivity contribution is 0.506. The zero-order valence-electron chi connectivity index (χ0n) is 13.1. The molecular formula is C16H21N3O2S. The quantitative estimate of drug-likeness (QED) is 0.945. The summed E-state index contributed by atoms with van der Waals surface area (Å²) in [6.07, 6.45) is 2.84. The Bertz CT molecular complexity index is 809. The number of hydrogen-bond donors (Lipinski definition) is 1. The van der Waals surface area contributed by atoms with E-state index in [1.807, 2.05) is 18.2 Å². The third-order valence-electron chi connectivity index (χ3n) is 4.38. The first kappa shape index (κ1) is 15.2. The van der Waals surface area contributed by atoms with E-state index in [9.17, 15) is 8.42 Å². The van der Waals surface area contributed by atoms with Crippen LogP contribution in [0.4, 0.5) is 0 Å². The van der Waals surface area contributed by atoms with Crippen LogP contribution in [-0.4, -0.2) is 18.2 Å². The summed E-state index contributed by atoms with van der Waals surface area (Å²) >= 11 is 0. The van der Waals surface area contributed by atoms with E-state index in [2.05, 4.69) is 15.9 Å². The van der Waals surface area contributed by atoms with Crippen LogP contribution in [0.1, 0.15) is 41.4 Å². The van der Waals surface area contributed by atoms with Crippen LogP contribution in [0, 0.1) is 13.8 Å². The molecule has 1 N–H and O–H groups in total. The maximum Gasteiger partial charge on any atom is 0.244 e. The number of benzene rings is 1. The van der Waals surface area contributed by atoms with Gasteiger partial charge in [-0.3, -0.25) is 4.68 Å². The molecule has 3 rings (SSSR count). The molecule has 1 atom stereocenters. The van der Waals surface area contributed by atoms with Crippen molar-refractivity contribution < 1.29 is 8.42 Å². The van der Waals surface area contributed by atoms with E-state index in [0.29, 0.717) is 16.3 Å². The van der Waals surface area contributed by atoms with Crippen LogP contribution >= 0.6 is 0 Å². The Balaban J connectivity index is 1.96. The number of rotatable bonds is 3. The van der Waals surface area contributed by atoms with Gasteiger partial charge in [-0.1, -0.05) is 24.3 Å².